The molecule has 0 unspecified atom stereocenters. The van der Waals surface area contributed by atoms with Gasteiger partial charge in [0.05, 0.1) is 19.0 Å². The summed E-state index contributed by atoms with van der Waals surface area (Å²) in [5.41, 5.74) is 2.97. The first-order valence-corrected chi connectivity index (χ1v) is 9.27. The minimum Gasteiger partial charge on any atom is -0.497 e. The summed E-state index contributed by atoms with van der Waals surface area (Å²) >= 11 is 0. The van der Waals surface area contributed by atoms with E-state index in [0.717, 1.165) is 42.0 Å². The Morgan fingerprint density at radius 1 is 1.44 bits per heavy atom. The van der Waals surface area contributed by atoms with Crippen molar-refractivity contribution >= 4 is 5.91 Å². The maximum Gasteiger partial charge on any atom is 0.300 e. The second kappa shape index (κ2) is 8.28. The molecule has 0 saturated carbocycles. The first-order chi connectivity index (χ1) is 13.1. The lowest BCUT2D eigenvalue weighted by Crippen LogP contribution is -2.54. The predicted molar refractivity (Wildman–Crippen MR) is 104 cm³/mol. The second-order valence-corrected chi connectivity index (χ2v) is 6.77. The third-order valence-corrected chi connectivity index (χ3v) is 4.95. The van der Waals surface area contributed by atoms with Crippen LogP contribution in [0.25, 0.3) is 0 Å². The van der Waals surface area contributed by atoms with Crippen LogP contribution >= 0.6 is 0 Å². The number of terminal acetylenes is 1. The summed E-state index contributed by atoms with van der Waals surface area (Å²) < 4.78 is 7.14. The van der Waals surface area contributed by atoms with Crippen molar-refractivity contribution in [1.29, 1.82) is 0 Å². The standard InChI is InChI=1S/C21H26N4O2/c1-5-7-11-22-19-14-15-13-16(27-4)8-9-17(15)21(25(19)20(26)6-2)18-10-12-24(3)23-18/h2,8-10,12-13,19,21-22H,5,7,11,14H2,1,3-4H3/t19-,21-/m1/s1. The first kappa shape index (κ1) is 19.0. The summed E-state index contributed by atoms with van der Waals surface area (Å²) in [5, 5.41) is 8.08. The summed E-state index contributed by atoms with van der Waals surface area (Å²) in [4.78, 5) is 14.5. The molecular formula is C21H26N4O2. The third-order valence-electron chi connectivity index (χ3n) is 4.95. The van der Waals surface area contributed by atoms with Crippen LogP contribution in [0, 0.1) is 12.3 Å². The van der Waals surface area contributed by atoms with Crippen LogP contribution in [-0.2, 0) is 18.3 Å². The lowest BCUT2D eigenvalue weighted by molar-refractivity contribution is -0.130. The Labute approximate surface area is 160 Å². The Kier molecular flexibility index (Phi) is 5.82. The van der Waals surface area contributed by atoms with Crippen molar-refractivity contribution in [1.82, 2.24) is 20.0 Å². The van der Waals surface area contributed by atoms with Crippen molar-refractivity contribution in [3.05, 3.63) is 47.3 Å². The van der Waals surface area contributed by atoms with E-state index < -0.39 is 0 Å². The molecule has 1 aromatic carbocycles. The van der Waals surface area contributed by atoms with E-state index in [4.69, 9.17) is 11.2 Å². The number of methoxy groups -OCH3 is 1. The molecule has 0 spiro atoms. The van der Waals surface area contributed by atoms with E-state index >= 15 is 0 Å². The number of hydrogen-bond donors (Lipinski definition) is 1. The summed E-state index contributed by atoms with van der Waals surface area (Å²) in [5.74, 6) is 2.77. The molecule has 1 N–H and O–H groups in total. The monoisotopic (exact) mass is 366 g/mol. The molecule has 1 aromatic heterocycles. The fourth-order valence-corrected chi connectivity index (χ4v) is 3.62. The molecule has 27 heavy (non-hydrogen) atoms. The highest BCUT2D eigenvalue weighted by Crippen LogP contribution is 2.38. The van der Waals surface area contributed by atoms with Gasteiger partial charge >= 0.3 is 0 Å². The maximum absolute atomic E-state index is 12.7. The zero-order valence-corrected chi connectivity index (χ0v) is 16.1. The normalized spacial score (nSPS) is 18.7. The minimum atomic E-state index is -0.332. The van der Waals surface area contributed by atoms with Gasteiger partial charge in [0.15, 0.2) is 0 Å². The highest BCUT2D eigenvalue weighted by molar-refractivity contribution is 5.94. The number of ether oxygens (including phenoxy) is 1. The lowest BCUT2D eigenvalue weighted by Gasteiger charge is -2.42. The molecule has 2 heterocycles. The molecular weight excluding hydrogens is 340 g/mol. The highest BCUT2D eigenvalue weighted by atomic mass is 16.5. The minimum absolute atomic E-state index is 0.188. The van der Waals surface area contributed by atoms with Crippen molar-refractivity contribution in [2.24, 2.45) is 7.05 Å². The molecule has 6 nitrogen and oxygen atoms in total. The Morgan fingerprint density at radius 3 is 2.89 bits per heavy atom. The highest BCUT2D eigenvalue weighted by Gasteiger charge is 2.39. The lowest BCUT2D eigenvalue weighted by atomic mass is 9.88. The second-order valence-electron chi connectivity index (χ2n) is 6.77. The number of rotatable bonds is 6. The number of amides is 1. The van der Waals surface area contributed by atoms with Gasteiger partial charge in [0, 0.05) is 19.7 Å². The number of nitrogens with zero attached hydrogens (tertiary/aromatic N) is 3. The van der Waals surface area contributed by atoms with E-state index in [-0.39, 0.29) is 18.1 Å². The fourth-order valence-electron chi connectivity index (χ4n) is 3.62. The summed E-state index contributed by atoms with van der Waals surface area (Å²) in [7, 11) is 3.53. The van der Waals surface area contributed by atoms with Crippen molar-refractivity contribution in [2.45, 2.75) is 38.4 Å². The van der Waals surface area contributed by atoms with Crippen molar-refractivity contribution in [2.75, 3.05) is 13.7 Å². The molecule has 0 fully saturated rings. The molecule has 6 heteroatoms. The molecule has 0 radical (unpaired) electrons. The van der Waals surface area contributed by atoms with E-state index in [0.29, 0.717) is 6.42 Å². The number of hydrogen-bond acceptors (Lipinski definition) is 4. The molecule has 1 amide bonds. The number of nitrogens with one attached hydrogen (secondary N) is 1. The van der Waals surface area contributed by atoms with Gasteiger partial charge in [0.2, 0.25) is 0 Å². The van der Waals surface area contributed by atoms with Gasteiger partial charge < -0.3 is 9.64 Å². The molecule has 2 aromatic rings. The number of carbonyl (C=O) groups is 1. The van der Waals surface area contributed by atoms with E-state index in [1.807, 2.05) is 37.5 Å². The van der Waals surface area contributed by atoms with E-state index in [2.05, 4.69) is 23.3 Å². The number of fused-ring (bicyclic) bond motifs is 1. The number of aromatic nitrogens is 2. The smallest absolute Gasteiger partial charge is 0.300 e. The molecule has 142 valence electrons. The van der Waals surface area contributed by atoms with Gasteiger partial charge in [-0.05, 0) is 48.2 Å². The number of aryl methyl sites for hydroxylation is 1. The topological polar surface area (TPSA) is 59.4 Å². The predicted octanol–water partition coefficient (Wildman–Crippen LogP) is 2.25. The van der Waals surface area contributed by atoms with Crippen LogP contribution in [0.5, 0.6) is 5.75 Å². The Balaban J connectivity index is 2.09. The van der Waals surface area contributed by atoms with Gasteiger partial charge in [0.25, 0.3) is 5.91 Å². The van der Waals surface area contributed by atoms with Gasteiger partial charge in [-0.2, -0.15) is 5.10 Å². The number of unbranched alkanes of at least 4 members (excludes halogenated alkanes) is 1. The van der Waals surface area contributed by atoms with Crippen LogP contribution < -0.4 is 10.1 Å². The zero-order valence-electron chi connectivity index (χ0n) is 16.1. The van der Waals surface area contributed by atoms with Crippen LogP contribution in [0.1, 0.15) is 42.6 Å². The Morgan fingerprint density at radius 2 is 2.26 bits per heavy atom. The van der Waals surface area contributed by atoms with Gasteiger partial charge in [-0.1, -0.05) is 19.4 Å². The van der Waals surface area contributed by atoms with Gasteiger partial charge in [-0.25, -0.2) is 0 Å². The quantitative estimate of drug-likeness (QED) is 0.629. The third kappa shape index (κ3) is 3.83. The number of benzene rings is 1. The van der Waals surface area contributed by atoms with Gasteiger partial charge in [0.1, 0.15) is 11.8 Å². The van der Waals surface area contributed by atoms with Crippen molar-refractivity contribution in [3.8, 4) is 18.1 Å². The molecule has 0 bridgehead atoms. The molecule has 2 atom stereocenters. The summed E-state index contributed by atoms with van der Waals surface area (Å²) in [6.07, 6.45) is 10.00. The largest absolute Gasteiger partial charge is 0.497 e. The number of carbonyl (C=O) groups excluding carboxylic acids is 1. The van der Waals surface area contributed by atoms with Crippen LogP contribution in [0.4, 0.5) is 0 Å². The molecule has 0 saturated heterocycles. The van der Waals surface area contributed by atoms with Crippen LogP contribution in [0.2, 0.25) is 0 Å². The molecule has 1 aliphatic rings. The SMILES string of the molecule is C#CC(=O)N1[C@@H](c2ccn(C)n2)c2ccc(OC)cc2C[C@@H]1NCCCC. The van der Waals surface area contributed by atoms with E-state index in [1.165, 1.54) is 0 Å². The van der Waals surface area contributed by atoms with Crippen LogP contribution in [0.3, 0.4) is 0 Å². The summed E-state index contributed by atoms with van der Waals surface area (Å²) in [6.45, 7) is 2.97. The Hall–Kier alpha value is -2.78. The van der Waals surface area contributed by atoms with Crippen LogP contribution in [-0.4, -0.2) is 40.4 Å². The van der Waals surface area contributed by atoms with E-state index in [1.54, 1.807) is 16.7 Å². The maximum atomic E-state index is 12.7. The average Bonchev–Trinajstić information content (AvgIpc) is 3.11. The average molecular weight is 366 g/mol. The van der Waals surface area contributed by atoms with Crippen molar-refractivity contribution < 1.29 is 9.53 Å². The van der Waals surface area contributed by atoms with E-state index in [9.17, 15) is 4.79 Å². The molecule has 3 rings (SSSR count). The first-order valence-electron chi connectivity index (χ1n) is 9.27. The molecule has 1 aliphatic heterocycles. The van der Waals surface area contributed by atoms with Gasteiger partial charge in [-0.15, -0.1) is 6.42 Å². The van der Waals surface area contributed by atoms with Crippen molar-refractivity contribution in [3.63, 3.8) is 0 Å². The zero-order chi connectivity index (χ0) is 19.4. The van der Waals surface area contributed by atoms with Gasteiger partial charge in [-0.3, -0.25) is 14.8 Å². The Bertz CT molecular complexity index is 852. The molecule has 0 aliphatic carbocycles. The van der Waals surface area contributed by atoms with Crippen LogP contribution in [0.15, 0.2) is 30.5 Å². The summed E-state index contributed by atoms with van der Waals surface area (Å²) in [6, 6.07) is 7.56. The fraction of sp³-hybridized carbons (Fsp3) is 0.429.